The Morgan fingerprint density at radius 1 is 0.429 bits per heavy atom. The lowest BCUT2D eigenvalue weighted by Gasteiger charge is -2.35. The van der Waals surface area contributed by atoms with Crippen LogP contribution >= 0.6 is 0 Å². The van der Waals surface area contributed by atoms with Gasteiger partial charge in [0.25, 0.3) is 0 Å². The maximum atomic E-state index is 3.86. The number of nitrogens with zero attached hydrogens (tertiary/aromatic N) is 1. The molecule has 0 aliphatic heterocycles. The molecule has 0 radical (unpaired) electrons. The van der Waals surface area contributed by atoms with Crippen LogP contribution in [0.2, 0.25) is 0 Å². The predicted molar refractivity (Wildman–Crippen MR) is 276 cm³/mol. The number of fused-ring (bicyclic) bond motifs is 3. The quantitative estimate of drug-likeness (QED) is 0.0771. The van der Waals surface area contributed by atoms with E-state index < -0.39 is 0 Å². The lowest BCUT2D eigenvalue weighted by atomic mass is 9.70. The van der Waals surface area contributed by atoms with Crippen molar-refractivity contribution in [2.45, 2.75) is 162 Å². The standard InChI is InChI=1S/C61H76N2/c1-9-11-13-15-17-24-42-61(43-25-18-16-14-12-10-2)56-44-50(62-49-34-30-47(31-35-49)59(3,4)5)36-40-54(56)55-41-39-52(45-57(55)61)63(51-37-32-48(33-38-51)60(6,7)8)58-29-23-22-28-53(58)46-26-20-19-21-27-46/h19-23,26-41,44-45,62H,9-18,24-25,42-43H2,1-8H3. The first kappa shape index (κ1) is 45.9. The fourth-order valence-electron chi connectivity index (χ4n) is 10.1. The van der Waals surface area contributed by atoms with Crippen molar-refractivity contribution in [3.63, 3.8) is 0 Å². The number of nitrogens with one attached hydrogen (secondary N) is 1. The Balaban J connectivity index is 1.37. The summed E-state index contributed by atoms with van der Waals surface area (Å²) in [6.07, 6.45) is 17.9. The van der Waals surface area contributed by atoms with Crippen LogP contribution in [0.5, 0.6) is 0 Å². The Bertz CT molecular complexity index is 2340. The van der Waals surface area contributed by atoms with Crippen LogP contribution < -0.4 is 10.2 Å². The zero-order valence-electron chi connectivity index (χ0n) is 40.1. The van der Waals surface area contributed by atoms with Gasteiger partial charge in [-0.05, 0) is 117 Å². The summed E-state index contributed by atoms with van der Waals surface area (Å²) in [6, 6.07) is 53.1. The van der Waals surface area contributed by atoms with E-state index in [1.54, 1.807) is 0 Å². The van der Waals surface area contributed by atoms with Gasteiger partial charge in [-0.3, -0.25) is 0 Å². The van der Waals surface area contributed by atoms with Gasteiger partial charge in [-0.25, -0.2) is 0 Å². The third-order valence-corrected chi connectivity index (χ3v) is 13.8. The van der Waals surface area contributed by atoms with E-state index in [0.29, 0.717) is 0 Å². The molecule has 2 nitrogen and oxygen atoms in total. The van der Waals surface area contributed by atoms with Crippen LogP contribution in [0.25, 0.3) is 22.3 Å². The van der Waals surface area contributed by atoms with Crippen LogP contribution in [-0.4, -0.2) is 0 Å². The number of hydrogen-bond donors (Lipinski definition) is 1. The van der Waals surface area contributed by atoms with E-state index in [2.05, 4.69) is 205 Å². The fourth-order valence-corrected chi connectivity index (χ4v) is 10.1. The lowest BCUT2D eigenvalue weighted by Crippen LogP contribution is -2.26. The minimum Gasteiger partial charge on any atom is -0.356 e. The summed E-state index contributed by atoms with van der Waals surface area (Å²) in [7, 11) is 0. The van der Waals surface area contributed by atoms with Gasteiger partial charge in [0, 0.05) is 33.7 Å². The molecule has 7 rings (SSSR count). The number of para-hydroxylation sites is 1. The maximum Gasteiger partial charge on any atom is 0.0540 e. The number of hydrogen-bond acceptors (Lipinski definition) is 2. The Labute approximate surface area is 382 Å². The highest BCUT2D eigenvalue weighted by molar-refractivity contribution is 5.91. The highest BCUT2D eigenvalue weighted by Gasteiger charge is 2.43. The Kier molecular flexibility index (Phi) is 15.0. The largest absolute Gasteiger partial charge is 0.356 e. The fraction of sp³-hybridized carbons (Fsp3) is 0.410. The summed E-state index contributed by atoms with van der Waals surface area (Å²) in [4.78, 5) is 2.53. The molecule has 1 aliphatic carbocycles. The summed E-state index contributed by atoms with van der Waals surface area (Å²) >= 11 is 0. The molecule has 0 atom stereocenters. The van der Waals surface area contributed by atoms with Gasteiger partial charge in [0.15, 0.2) is 0 Å². The van der Waals surface area contributed by atoms with E-state index in [9.17, 15) is 0 Å². The normalized spacial score (nSPS) is 13.1. The molecular formula is C61H76N2. The summed E-state index contributed by atoms with van der Waals surface area (Å²) in [5.74, 6) is 0. The van der Waals surface area contributed by atoms with Crippen LogP contribution in [0.15, 0.2) is 140 Å². The number of unbranched alkanes of at least 4 members (excludes halogenated alkanes) is 10. The molecule has 0 fully saturated rings. The van der Waals surface area contributed by atoms with Crippen molar-refractivity contribution in [3.05, 3.63) is 162 Å². The Hall–Kier alpha value is -5.08. The monoisotopic (exact) mass is 837 g/mol. The molecule has 6 aromatic carbocycles. The van der Waals surface area contributed by atoms with E-state index in [-0.39, 0.29) is 16.2 Å². The Morgan fingerprint density at radius 3 is 1.49 bits per heavy atom. The van der Waals surface area contributed by atoms with Gasteiger partial charge in [0.1, 0.15) is 0 Å². The van der Waals surface area contributed by atoms with Crippen molar-refractivity contribution in [1.29, 1.82) is 0 Å². The van der Waals surface area contributed by atoms with Crippen molar-refractivity contribution < 1.29 is 0 Å². The second kappa shape index (κ2) is 20.6. The van der Waals surface area contributed by atoms with Crippen LogP contribution in [0.4, 0.5) is 28.4 Å². The van der Waals surface area contributed by atoms with Crippen molar-refractivity contribution >= 4 is 28.4 Å². The zero-order chi connectivity index (χ0) is 44.5. The van der Waals surface area contributed by atoms with E-state index in [1.165, 1.54) is 157 Å². The highest BCUT2D eigenvalue weighted by atomic mass is 15.1. The molecule has 2 heteroatoms. The van der Waals surface area contributed by atoms with Crippen molar-refractivity contribution in [1.82, 2.24) is 0 Å². The molecule has 0 spiro atoms. The van der Waals surface area contributed by atoms with E-state index in [0.717, 1.165) is 5.69 Å². The predicted octanol–water partition coefficient (Wildman–Crippen LogP) is 18.9. The molecule has 6 aromatic rings. The molecule has 1 N–H and O–H groups in total. The van der Waals surface area contributed by atoms with Crippen molar-refractivity contribution in [2.24, 2.45) is 0 Å². The molecule has 1 aliphatic rings. The van der Waals surface area contributed by atoms with Gasteiger partial charge in [0.05, 0.1) is 5.69 Å². The number of anilines is 5. The number of benzene rings is 6. The van der Waals surface area contributed by atoms with Crippen LogP contribution in [0.3, 0.4) is 0 Å². The topological polar surface area (TPSA) is 15.3 Å². The zero-order valence-corrected chi connectivity index (χ0v) is 40.1. The molecule has 0 amide bonds. The minimum atomic E-state index is -0.0787. The highest BCUT2D eigenvalue weighted by Crippen LogP contribution is 2.56. The van der Waals surface area contributed by atoms with E-state index >= 15 is 0 Å². The smallest absolute Gasteiger partial charge is 0.0540 e. The molecule has 0 bridgehead atoms. The van der Waals surface area contributed by atoms with E-state index in [4.69, 9.17) is 0 Å². The van der Waals surface area contributed by atoms with Crippen molar-refractivity contribution in [2.75, 3.05) is 10.2 Å². The second-order valence-corrected chi connectivity index (χ2v) is 20.6. The maximum absolute atomic E-state index is 3.86. The van der Waals surface area contributed by atoms with Gasteiger partial charge in [-0.15, -0.1) is 0 Å². The van der Waals surface area contributed by atoms with Gasteiger partial charge in [0.2, 0.25) is 0 Å². The molecule has 0 saturated heterocycles. The minimum absolute atomic E-state index is 0.0704. The molecule has 0 saturated carbocycles. The van der Waals surface area contributed by atoms with Crippen LogP contribution in [0.1, 0.15) is 168 Å². The third-order valence-electron chi connectivity index (χ3n) is 13.8. The second-order valence-electron chi connectivity index (χ2n) is 20.6. The van der Waals surface area contributed by atoms with Gasteiger partial charge in [-0.2, -0.15) is 0 Å². The molecule has 0 aromatic heterocycles. The molecule has 0 unspecified atom stereocenters. The molecule has 63 heavy (non-hydrogen) atoms. The van der Waals surface area contributed by atoms with Gasteiger partial charge >= 0.3 is 0 Å². The summed E-state index contributed by atoms with van der Waals surface area (Å²) in [5, 5.41) is 3.86. The van der Waals surface area contributed by atoms with Crippen molar-refractivity contribution in [3.8, 4) is 22.3 Å². The van der Waals surface area contributed by atoms with Gasteiger partial charge in [-0.1, -0.05) is 217 Å². The molecule has 0 heterocycles. The average Bonchev–Trinajstić information content (AvgIpc) is 3.54. The average molecular weight is 837 g/mol. The summed E-state index contributed by atoms with van der Waals surface area (Å²) in [5.41, 5.74) is 17.0. The lowest BCUT2D eigenvalue weighted by molar-refractivity contribution is 0.398. The van der Waals surface area contributed by atoms with E-state index in [1.807, 2.05) is 0 Å². The van der Waals surface area contributed by atoms with Gasteiger partial charge < -0.3 is 10.2 Å². The van der Waals surface area contributed by atoms with Crippen LogP contribution in [0, 0.1) is 0 Å². The Morgan fingerprint density at radius 2 is 0.905 bits per heavy atom. The molecule has 330 valence electrons. The molecular weight excluding hydrogens is 761 g/mol. The van der Waals surface area contributed by atoms with Crippen LogP contribution in [-0.2, 0) is 16.2 Å². The number of rotatable bonds is 20. The first-order valence-electron chi connectivity index (χ1n) is 24.6. The third kappa shape index (κ3) is 10.8. The summed E-state index contributed by atoms with van der Waals surface area (Å²) in [6.45, 7) is 18.4. The summed E-state index contributed by atoms with van der Waals surface area (Å²) < 4.78 is 0. The first-order valence-corrected chi connectivity index (χ1v) is 24.6. The first-order chi connectivity index (χ1) is 30.4. The SMILES string of the molecule is CCCCCCCCC1(CCCCCCCC)c2cc(Nc3ccc(C(C)(C)C)cc3)ccc2-c2ccc(N(c3ccc(C(C)(C)C)cc3)c3ccccc3-c3ccccc3)cc21.